The molecule has 0 unspecified atom stereocenters. The molecule has 0 saturated heterocycles. The highest BCUT2D eigenvalue weighted by Crippen LogP contribution is 2.30. The Kier molecular flexibility index (Phi) is 4.52. The van der Waals surface area contributed by atoms with Crippen LogP contribution in [0.15, 0.2) is 67.1 Å². The zero-order valence-electron chi connectivity index (χ0n) is 16.0. The molecule has 148 valence electrons. The normalized spacial score (nSPS) is 11.3. The second kappa shape index (κ2) is 7.35. The van der Waals surface area contributed by atoms with Crippen LogP contribution >= 0.6 is 11.6 Å². The number of halogens is 2. The van der Waals surface area contributed by atoms with Crippen molar-refractivity contribution >= 4 is 22.5 Å². The Labute approximate surface area is 176 Å². The number of benzene rings is 2. The highest BCUT2D eigenvalue weighted by molar-refractivity contribution is 6.30. The lowest BCUT2D eigenvalue weighted by Gasteiger charge is -2.10. The first-order valence-corrected chi connectivity index (χ1v) is 9.71. The van der Waals surface area contributed by atoms with Crippen molar-refractivity contribution in [3.05, 3.63) is 89.3 Å². The molecule has 0 aliphatic rings. The van der Waals surface area contributed by atoms with Crippen molar-refractivity contribution in [1.29, 1.82) is 0 Å². The molecule has 0 bridgehead atoms. The summed E-state index contributed by atoms with van der Waals surface area (Å²) in [5.41, 5.74) is 3.34. The third-order valence-electron chi connectivity index (χ3n) is 4.87. The van der Waals surface area contributed by atoms with E-state index in [1.54, 1.807) is 27.8 Å². The zero-order chi connectivity index (χ0) is 20.7. The number of hydrogen-bond donors (Lipinski definition) is 0. The van der Waals surface area contributed by atoms with E-state index in [2.05, 4.69) is 15.2 Å². The molecule has 5 aromatic rings. The van der Waals surface area contributed by atoms with Gasteiger partial charge in [0.05, 0.1) is 16.2 Å². The van der Waals surface area contributed by atoms with Gasteiger partial charge in [0.15, 0.2) is 11.6 Å². The van der Waals surface area contributed by atoms with Crippen LogP contribution in [0.5, 0.6) is 0 Å². The lowest BCUT2D eigenvalue weighted by molar-refractivity contribution is 0.624. The van der Waals surface area contributed by atoms with E-state index < -0.39 is 5.82 Å². The number of aryl methyl sites for hydroxylation is 1. The van der Waals surface area contributed by atoms with Gasteiger partial charge >= 0.3 is 0 Å². The van der Waals surface area contributed by atoms with E-state index in [1.165, 1.54) is 12.1 Å². The molecular formula is C22H16ClFN6. The van der Waals surface area contributed by atoms with Crippen molar-refractivity contribution in [3.63, 3.8) is 0 Å². The minimum absolute atomic E-state index is 0.0576. The van der Waals surface area contributed by atoms with Crippen LogP contribution in [0.3, 0.4) is 0 Å². The predicted molar refractivity (Wildman–Crippen MR) is 113 cm³/mol. The molecule has 3 heterocycles. The predicted octanol–water partition coefficient (Wildman–Crippen LogP) is 4.83. The number of pyridine rings is 1. The molecular weight excluding hydrogens is 403 g/mol. The molecule has 2 aromatic carbocycles. The van der Waals surface area contributed by atoms with Gasteiger partial charge in [-0.2, -0.15) is 5.10 Å². The molecule has 0 amide bonds. The number of rotatable bonds is 4. The van der Waals surface area contributed by atoms with E-state index in [4.69, 9.17) is 16.6 Å². The quantitative estimate of drug-likeness (QED) is 0.419. The van der Waals surface area contributed by atoms with E-state index in [0.29, 0.717) is 23.9 Å². The van der Waals surface area contributed by atoms with E-state index >= 15 is 0 Å². The van der Waals surface area contributed by atoms with Crippen molar-refractivity contribution < 1.29 is 4.39 Å². The molecule has 5 rings (SSSR count). The lowest BCUT2D eigenvalue weighted by atomic mass is 10.0. The standard InChI is InChI=1S/C22H16ClFN6/c1-14-5-7-17(16-4-2-9-25-21(14)16)22-27-20(13-29-11-3-10-26-29)28-30(22)15-6-8-18(23)19(24)12-15/h2-12H,13H2,1H3. The summed E-state index contributed by atoms with van der Waals surface area (Å²) in [6.45, 7) is 2.41. The van der Waals surface area contributed by atoms with Gasteiger partial charge < -0.3 is 0 Å². The van der Waals surface area contributed by atoms with Gasteiger partial charge in [-0.25, -0.2) is 14.1 Å². The van der Waals surface area contributed by atoms with Crippen molar-refractivity contribution in [2.75, 3.05) is 0 Å². The van der Waals surface area contributed by atoms with Crippen LogP contribution in [0.4, 0.5) is 4.39 Å². The zero-order valence-corrected chi connectivity index (χ0v) is 16.8. The van der Waals surface area contributed by atoms with Crippen LogP contribution in [0.1, 0.15) is 11.4 Å². The summed E-state index contributed by atoms with van der Waals surface area (Å²) in [7, 11) is 0. The van der Waals surface area contributed by atoms with Crippen LogP contribution in [-0.4, -0.2) is 29.5 Å². The molecule has 0 atom stereocenters. The van der Waals surface area contributed by atoms with Gasteiger partial charge in [-0.3, -0.25) is 9.67 Å². The van der Waals surface area contributed by atoms with E-state index in [0.717, 1.165) is 22.0 Å². The van der Waals surface area contributed by atoms with Crippen molar-refractivity contribution in [2.45, 2.75) is 13.5 Å². The number of fused-ring (bicyclic) bond motifs is 1. The molecule has 0 aliphatic heterocycles. The Hall–Kier alpha value is -3.58. The van der Waals surface area contributed by atoms with Gasteiger partial charge in [0, 0.05) is 35.6 Å². The Morgan fingerprint density at radius 2 is 1.97 bits per heavy atom. The van der Waals surface area contributed by atoms with Crippen LogP contribution in [0.25, 0.3) is 28.0 Å². The second-order valence-electron chi connectivity index (χ2n) is 6.90. The highest BCUT2D eigenvalue weighted by atomic mass is 35.5. The number of nitrogens with zero attached hydrogens (tertiary/aromatic N) is 6. The van der Waals surface area contributed by atoms with Crippen LogP contribution in [0.2, 0.25) is 5.02 Å². The Morgan fingerprint density at radius 1 is 1.07 bits per heavy atom. The van der Waals surface area contributed by atoms with Gasteiger partial charge in [0.25, 0.3) is 0 Å². The molecule has 30 heavy (non-hydrogen) atoms. The van der Waals surface area contributed by atoms with E-state index in [9.17, 15) is 4.39 Å². The van der Waals surface area contributed by atoms with Crippen molar-refractivity contribution in [1.82, 2.24) is 29.5 Å². The largest absolute Gasteiger partial charge is 0.265 e. The second-order valence-corrected chi connectivity index (χ2v) is 7.30. The summed E-state index contributed by atoms with van der Waals surface area (Å²) < 4.78 is 17.6. The van der Waals surface area contributed by atoms with Gasteiger partial charge in [0.1, 0.15) is 12.4 Å². The summed E-state index contributed by atoms with van der Waals surface area (Å²) in [6, 6.07) is 14.3. The minimum Gasteiger partial charge on any atom is -0.265 e. The maximum Gasteiger partial charge on any atom is 0.173 e. The third kappa shape index (κ3) is 3.23. The summed E-state index contributed by atoms with van der Waals surface area (Å²) in [6.07, 6.45) is 5.31. The summed E-state index contributed by atoms with van der Waals surface area (Å²) in [4.78, 5) is 9.29. The first-order chi connectivity index (χ1) is 14.6. The van der Waals surface area contributed by atoms with E-state index in [1.807, 2.05) is 43.5 Å². The summed E-state index contributed by atoms with van der Waals surface area (Å²) in [5, 5.41) is 9.88. The molecule has 0 fully saturated rings. The highest BCUT2D eigenvalue weighted by Gasteiger charge is 2.18. The minimum atomic E-state index is -0.514. The molecule has 0 N–H and O–H groups in total. The Morgan fingerprint density at radius 3 is 2.77 bits per heavy atom. The van der Waals surface area contributed by atoms with Crippen LogP contribution < -0.4 is 0 Å². The van der Waals surface area contributed by atoms with Gasteiger partial charge in [-0.1, -0.05) is 29.8 Å². The Balaban J connectivity index is 1.73. The first kappa shape index (κ1) is 18.4. The summed E-state index contributed by atoms with van der Waals surface area (Å²) in [5.74, 6) is 0.637. The molecule has 0 radical (unpaired) electrons. The maximum atomic E-state index is 14.2. The lowest BCUT2D eigenvalue weighted by Crippen LogP contribution is -2.04. The average Bonchev–Trinajstić information content (AvgIpc) is 3.41. The molecule has 6 nitrogen and oxygen atoms in total. The topological polar surface area (TPSA) is 61.4 Å². The third-order valence-corrected chi connectivity index (χ3v) is 5.18. The fraction of sp³-hybridized carbons (Fsp3) is 0.0909. The van der Waals surface area contributed by atoms with Crippen LogP contribution in [0, 0.1) is 12.7 Å². The Bertz CT molecular complexity index is 1360. The smallest absolute Gasteiger partial charge is 0.173 e. The SMILES string of the molecule is Cc1ccc(-c2nc(Cn3cccn3)nn2-c2ccc(Cl)c(F)c2)c2cccnc12. The average molecular weight is 419 g/mol. The van der Waals surface area contributed by atoms with Crippen molar-refractivity contribution in [3.8, 4) is 17.1 Å². The van der Waals surface area contributed by atoms with Gasteiger partial charge in [-0.15, -0.1) is 5.10 Å². The fourth-order valence-corrected chi connectivity index (χ4v) is 3.56. The summed E-state index contributed by atoms with van der Waals surface area (Å²) >= 11 is 5.88. The maximum absolute atomic E-state index is 14.2. The van der Waals surface area contributed by atoms with Gasteiger partial charge in [-0.05, 0) is 36.8 Å². The molecule has 3 aromatic heterocycles. The number of hydrogen-bond acceptors (Lipinski definition) is 4. The fourth-order valence-electron chi connectivity index (χ4n) is 3.44. The molecule has 0 aliphatic carbocycles. The molecule has 0 spiro atoms. The first-order valence-electron chi connectivity index (χ1n) is 9.33. The molecule has 0 saturated carbocycles. The van der Waals surface area contributed by atoms with Crippen LogP contribution in [-0.2, 0) is 6.54 Å². The van der Waals surface area contributed by atoms with E-state index in [-0.39, 0.29) is 5.02 Å². The van der Waals surface area contributed by atoms with Gasteiger partial charge in [0.2, 0.25) is 0 Å². The van der Waals surface area contributed by atoms with Crippen molar-refractivity contribution in [2.24, 2.45) is 0 Å². The molecule has 8 heteroatoms. The monoisotopic (exact) mass is 418 g/mol. The number of aromatic nitrogens is 6.